The van der Waals surface area contributed by atoms with E-state index in [0.29, 0.717) is 17.9 Å². The summed E-state index contributed by atoms with van der Waals surface area (Å²) in [5, 5.41) is 9.62. The first-order chi connectivity index (χ1) is 8.29. The summed E-state index contributed by atoms with van der Waals surface area (Å²) in [6.07, 6.45) is 3.20. The highest BCUT2D eigenvalue weighted by Crippen LogP contribution is 2.21. The molecule has 2 aromatic rings. The van der Waals surface area contributed by atoms with Crippen LogP contribution in [0, 0.1) is 0 Å². The highest BCUT2D eigenvalue weighted by Gasteiger charge is 2.00. The molecule has 1 heterocycles. The monoisotopic (exact) mass is 231 g/mol. The molecule has 0 aliphatic carbocycles. The average molecular weight is 231 g/mol. The first kappa shape index (κ1) is 11.3. The minimum absolute atomic E-state index is 0.175. The molecule has 0 unspecified atom stereocenters. The molecule has 0 bridgehead atoms. The summed E-state index contributed by atoms with van der Waals surface area (Å²) < 4.78 is 10.2. The van der Waals surface area contributed by atoms with Gasteiger partial charge in [-0.1, -0.05) is 0 Å². The summed E-state index contributed by atoms with van der Waals surface area (Å²) in [5.74, 6) is 1.64. The number of aromatic hydroxyl groups is 1. The van der Waals surface area contributed by atoms with Crippen molar-refractivity contribution >= 4 is 6.21 Å². The first-order valence-corrected chi connectivity index (χ1v) is 5.19. The standard InChI is InChI=1S/C13H13NO3/c1-16-11-4-5-13(15)10(7-11)8-14-9-12-3-2-6-17-12/h2-8,15H,9H2,1H3. The Morgan fingerprint density at radius 1 is 1.41 bits per heavy atom. The molecule has 1 aromatic heterocycles. The maximum Gasteiger partial charge on any atom is 0.125 e. The van der Waals surface area contributed by atoms with Crippen LogP contribution in [0.2, 0.25) is 0 Å². The average Bonchev–Trinajstić information content (AvgIpc) is 2.84. The molecule has 17 heavy (non-hydrogen) atoms. The minimum atomic E-state index is 0.175. The Labute approximate surface area is 99.2 Å². The predicted octanol–water partition coefficient (Wildman–Crippen LogP) is 2.61. The van der Waals surface area contributed by atoms with Gasteiger partial charge < -0.3 is 14.3 Å². The molecule has 88 valence electrons. The van der Waals surface area contributed by atoms with Gasteiger partial charge in [0, 0.05) is 11.8 Å². The normalized spacial score (nSPS) is 10.9. The molecular formula is C13H13NO3. The van der Waals surface area contributed by atoms with Gasteiger partial charge in [0.25, 0.3) is 0 Å². The Balaban J connectivity index is 2.09. The van der Waals surface area contributed by atoms with Crippen molar-refractivity contribution in [3.63, 3.8) is 0 Å². The maximum absolute atomic E-state index is 9.62. The van der Waals surface area contributed by atoms with Crippen LogP contribution in [-0.2, 0) is 6.54 Å². The third kappa shape index (κ3) is 2.87. The van der Waals surface area contributed by atoms with Gasteiger partial charge >= 0.3 is 0 Å². The molecule has 0 fully saturated rings. The molecule has 0 saturated heterocycles. The highest BCUT2D eigenvalue weighted by molar-refractivity contribution is 5.84. The molecular weight excluding hydrogens is 218 g/mol. The zero-order valence-electron chi connectivity index (χ0n) is 9.46. The number of hydrogen-bond acceptors (Lipinski definition) is 4. The van der Waals surface area contributed by atoms with Crippen LogP contribution in [0.25, 0.3) is 0 Å². The van der Waals surface area contributed by atoms with Gasteiger partial charge in [-0.15, -0.1) is 0 Å². The number of phenols is 1. The van der Waals surface area contributed by atoms with E-state index < -0.39 is 0 Å². The fourth-order valence-corrected chi connectivity index (χ4v) is 1.40. The Morgan fingerprint density at radius 2 is 2.29 bits per heavy atom. The zero-order chi connectivity index (χ0) is 12.1. The fraction of sp³-hybridized carbons (Fsp3) is 0.154. The van der Waals surface area contributed by atoms with Crippen molar-refractivity contribution in [1.82, 2.24) is 0 Å². The number of ether oxygens (including phenoxy) is 1. The quantitative estimate of drug-likeness (QED) is 0.823. The van der Waals surface area contributed by atoms with Crippen LogP contribution in [0.5, 0.6) is 11.5 Å². The third-order valence-electron chi connectivity index (χ3n) is 2.29. The number of rotatable bonds is 4. The van der Waals surface area contributed by atoms with Crippen molar-refractivity contribution in [2.75, 3.05) is 7.11 Å². The van der Waals surface area contributed by atoms with E-state index >= 15 is 0 Å². The molecule has 0 aliphatic heterocycles. The van der Waals surface area contributed by atoms with E-state index in [1.165, 1.54) is 0 Å². The molecule has 0 radical (unpaired) electrons. The van der Waals surface area contributed by atoms with E-state index in [9.17, 15) is 5.11 Å². The maximum atomic E-state index is 9.62. The molecule has 4 heteroatoms. The van der Waals surface area contributed by atoms with Crippen molar-refractivity contribution in [3.05, 3.63) is 47.9 Å². The van der Waals surface area contributed by atoms with Crippen LogP contribution >= 0.6 is 0 Å². The lowest BCUT2D eigenvalue weighted by Crippen LogP contribution is -1.88. The van der Waals surface area contributed by atoms with Crippen LogP contribution in [0.4, 0.5) is 0 Å². The van der Waals surface area contributed by atoms with Gasteiger partial charge in [-0.2, -0.15) is 0 Å². The molecule has 0 amide bonds. The minimum Gasteiger partial charge on any atom is -0.507 e. The van der Waals surface area contributed by atoms with Gasteiger partial charge in [-0.25, -0.2) is 0 Å². The Kier molecular flexibility index (Phi) is 3.45. The fourth-order valence-electron chi connectivity index (χ4n) is 1.40. The van der Waals surface area contributed by atoms with E-state index in [0.717, 1.165) is 5.76 Å². The number of benzene rings is 1. The van der Waals surface area contributed by atoms with Gasteiger partial charge in [-0.3, -0.25) is 4.99 Å². The topological polar surface area (TPSA) is 55.0 Å². The molecule has 1 N–H and O–H groups in total. The van der Waals surface area contributed by atoms with Crippen molar-refractivity contribution in [2.45, 2.75) is 6.54 Å². The molecule has 4 nitrogen and oxygen atoms in total. The second-order valence-electron chi connectivity index (χ2n) is 3.47. The van der Waals surface area contributed by atoms with Gasteiger partial charge in [0.2, 0.25) is 0 Å². The van der Waals surface area contributed by atoms with E-state index in [1.54, 1.807) is 37.8 Å². The molecule has 0 atom stereocenters. The number of furan rings is 1. The predicted molar refractivity (Wildman–Crippen MR) is 64.7 cm³/mol. The highest BCUT2D eigenvalue weighted by atomic mass is 16.5. The summed E-state index contributed by atoms with van der Waals surface area (Å²) in [7, 11) is 1.58. The van der Waals surface area contributed by atoms with Crippen LogP contribution in [0.1, 0.15) is 11.3 Å². The summed E-state index contributed by atoms with van der Waals surface area (Å²) in [4.78, 5) is 4.19. The number of nitrogens with zero attached hydrogens (tertiary/aromatic N) is 1. The third-order valence-corrected chi connectivity index (χ3v) is 2.29. The van der Waals surface area contributed by atoms with Crippen molar-refractivity contribution in [3.8, 4) is 11.5 Å². The van der Waals surface area contributed by atoms with Crippen molar-refractivity contribution in [1.29, 1.82) is 0 Å². The Bertz CT molecular complexity index is 503. The Hall–Kier alpha value is -2.23. The molecule has 2 rings (SSSR count). The molecule has 0 spiro atoms. The second kappa shape index (κ2) is 5.21. The summed E-state index contributed by atoms with van der Waals surface area (Å²) >= 11 is 0. The smallest absolute Gasteiger partial charge is 0.125 e. The van der Waals surface area contributed by atoms with E-state index in [4.69, 9.17) is 9.15 Å². The number of phenolic OH excluding ortho intramolecular Hbond substituents is 1. The lowest BCUT2D eigenvalue weighted by atomic mass is 10.2. The van der Waals surface area contributed by atoms with E-state index in [-0.39, 0.29) is 5.75 Å². The first-order valence-electron chi connectivity index (χ1n) is 5.19. The van der Waals surface area contributed by atoms with Gasteiger partial charge in [0.15, 0.2) is 0 Å². The molecule has 0 saturated carbocycles. The van der Waals surface area contributed by atoms with Crippen LogP contribution in [-0.4, -0.2) is 18.4 Å². The lowest BCUT2D eigenvalue weighted by Gasteiger charge is -2.02. The molecule has 1 aromatic carbocycles. The number of methoxy groups -OCH3 is 1. The largest absolute Gasteiger partial charge is 0.507 e. The van der Waals surface area contributed by atoms with Crippen LogP contribution < -0.4 is 4.74 Å². The SMILES string of the molecule is COc1ccc(O)c(C=NCc2ccco2)c1. The lowest BCUT2D eigenvalue weighted by molar-refractivity contribution is 0.412. The summed E-state index contributed by atoms with van der Waals surface area (Å²) in [6, 6.07) is 8.66. The Morgan fingerprint density at radius 3 is 3.00 bits per heavy atom. The summed E-state index contributed by atoms with van der Waals surface area (Å²) in [5.41, 5.74) is 0.621. The van der Waals surface area contributed by atoms with E-state index in [2.05, 4.69) is 4.99 Å². The van der Waals surface area contributed by atoms with Crippen LogP contribution in [0.15, 0.2) is 46.0 Å². The molecule has 0 aliphatic rings. The van der Waals surface area contributed by atoms with Crippen molar-refractivity contribution in [2.24, 2.45) is 4.99 Å². The zero-order valence-corrected chi connectivity index (χ0v) is 9.46. The van der Waals surface area contributed by atoms with Crippen molar-refractivity contribution < 1.29 is 14.3 Å². The van der Waals surface area contributed by atoms with Gasteiger partial charge in [0.1, 0.15) is 17.3 Å². The van der Waals surface area contributed by atoms with E-state index in [1.807, 2.05) is 12.1 Å². The summed E-state index contributed by atoms with van der Waals surface area (Å²) in [6.45, 7) is 0.448. The van der Waals surface area contributed by atoms with Gasteiger partial charge in [-0.05, 0) is 30.3 Å². The second-order valence-corrected chi connectivity index (χ2v) is 3.47. The van der Waals surface area contributed by atoms with Crippen LogP contribution in [0.3, 0.4) is 0 Å². The number of hydrogen-bond donors (Lipinski definition) is 1. The number of aliphatic imine (C=N–C) groups is 1. The van der Waals surface area contributed by atoms with Gasteiger partial charge in [0.05, 0.1) is 19.9 Å².